The molecule has 0 aromatic heterocycles. The third-order valence-corrected chi connectivity index (χ3v) is 3.54. The van der Waals surface area contributed by atoms with Crippen LogP contribution < -0.4 is 4.74 Å². The second kappa shape index (κ2) is 5.76. The van der Waals surface area contributed by atoms with Gasteiger partial charge in [0, 0.05) is 4.47 Å². The zero-order chi connectivity index (χ0) is 14.0. The Kier molecular flexibility index (Phi) is 4.27. The summed E-state index contributed by atoms with van der Waals surface area (Å²) in [5.74, 6) is 1.58. The van der Waals surface area contributed by atoms with E-state index in [-0.39, 0.29) is 0 Å². The lowest BCUT2D eigenvalue weighted by Gasteiger charge is -2.11. The number of aryl methyl sites for hydroxylation is 2. The van der Waals surface area contributed by atoms with Crippen LogP contribution in [0.3, 0.4) is 0 Å². The first-order valence-electron chi connectivity index (χ1n) is 6.19. The number of hydrogen-bond donors (Lipinski definition) is 1. The molecule has 0 heterocycles. The Hall–Kier alpha value is -1.32. The SMILES string of the molecule is Cc1cc(C)cc(Oc2ccc([C@@H](C)O)c(Br)c2)c1. The van der Waals surface area contributed by atoms with Crippen molar-refractivity contribution in [1.29, 1.82) is 0 Å². The van der Waals surface area contributed by atoms with Crippen molar-refractivity contribution in [3.63, 3.8) is 0 Å². The van der Waals surface area contributed by atoms with Gasteiger partial charge < -0.3 is 9.84 Å². The van der Waals surface area contributed by atoms with E-state index in [1.54, 1.807) is 6.92 Å². The van der Waals surface area contributed by atoms with Gasteiger partial charge in [-0.2, -0.15) is 0 Å². The van der Waals surface area contributed by atoms with Crippen LogP contribution in [0.2, 0.25) is 0 Å². The van der Waals surface area contributed by atoms with E-state index in [1.165, 1.54) is 11.1 Å². The molecule has 0 unspecified atom stereocenters. The molecule has 0 spiro atoms. The fraction of sp³-hybridized carbons (Fsp3) is 0.250. The highest BCUT2D eigenvalue weighted by molar-refractivity contribution is 9.10. The van der Waals surface area contributed by atoms with E-state index < -0.39 is 6.10 Å². The molecule has 19 heavy (non-hydrogen) atoms. The summed E-state index contributed by atoms with van der Waals surface area (Å²) in [6.07, 6.45) is -0.496. The molecule has 0 fully saturated rings. The molecule has 3 heteroatoms. The molecule has 100 valence electrons. The number of hydrogen-bond acceptors (Lipinski definition) is 2. The molecule has 2 aromatic carbocycles. The molecular weight excluding hydrogens is 304 g/mol. The van der Waals surface area contributed by atoms with Crippen molar-refractivity contribution in [2.75, 3.05) is 0 Å². The molecule has 0 aliphatic carbocycles. The van der Waals surface area contributed by atoms with Crippen LogP contribution >= 0.6 is 15.9 Å². The lowest BCUT2D eigenvalue weighted by atomic mass is 10.1. The second-order valence-corrected chi connectivity index (χ2v) is 5.64. The highest BCUT2D eigenvalue weighted by Gasteiger charge is 2.08. The molecule has 0 aliphatic rings. The number of benzene rings is 2. The van der Waals surface area contributed by atoms with Crippen LogP contribution in [-0.2, 0) is 0 Å². The van der Waals surface area contributed by atoms with Gasteiger partial charge >= 0.3 is 0 Å². The minimum Gasteiger partial charge on any atom is -0.457 e. The summed E-state index contributed by atoms with van der Waals surface area (Å²) in [6, 6.07) is 11.7. The summed E-state index contributed by atoms with van der Waals surface area (Å²) >= 11 is 3.45. The molecule has 0 saturated carbocycles. The molecule has 2 aromatic rings. The molecule has 1 atom stereocenters. The Bertz CT molecular complexity index is 571. The molecule has 0 bridgehead atoms. The average Bonchev–Trinajstić information content (AvgIpc) is 2.26. The lowest BCUT2D eigenvalue weighted by molar-refractivity contribution is 0.198. The van der Waals surface area contributed by atoms with E-state index in [0.717, 1.165) is 21.5 Å². The van der Waals surface area contributed by atoms with Gasteiger partial charge in [0.15, 0.2) is 0 Å². The van der Waals surface area contributed by atoms with Gasteiger partial charge in [-0.1, -0.05) is 28.1 Å². The van der Waals surface area contributed by atoms with Crippen molar-refractivity contribution in [3.8, 4) is 11.5 Å². The van der Waals surface area contributed by atoms with Crippen LogP contribution in [0.15, 0.2) is 40.9 Å². The Morgan fingerprint density at radius 2 is 1.63 bits per heavy atom. The van der Waals surface area contributed by atoms with Gasteiger partial charge in [-0.3, -0.25) is 0 Å². The molecule has 2 rings (SSSR count). The van der Waals surface area contributed by atoms with E-state index in [2.05, 4.69) is 22.0 Å². The van der Waals surface area contributed by atoms with Crippen LogP contribution in [0.1, 0.15) is 29.7 Å². The highest BCUT2D eigenvalue weighted by atomic mass is 79.9. The van der Waals surface area contributed by atoms with Gasteiger partial charge in [-0.05, 0) is 61.7 Å². The zero-order valence-corrected chi connectivity index (χ0v) is 12.9. The molecule has 0 saturated heterocycles. The van der Waals surface area contributed by atoms with Crippen LogP contribution in [0.5, 0.6) is 11.5 Å². The standard InChI is InChI=1S/C16H17BrO2/c1-10-6-11(2)8-14(7-10)19-13-4-5-15(12(3)18)16(17)9-13/h4-9,12,18H,1-3H3/t12-/m1/s1. The minimum atomic E-state index is -0.496. The van der Waals surface area contributed by atoms with Gasteiger partial charge in [0.1, 0.15) is 11.5 Å². The first-order valence-corrected chi connectivity index (χ1v) is 6.98. The molecule has 0 amide bonds. The summed E-state index contributed by atoms with van der Waals surface area (Å²) in [7, 11) is 0. The van der Waals surface area contributed by atoms with Crippen molar-refractivity contribution in [2.45, 2.75) is 26.9 Å². The largest absolute Gasteiger partial charge is 0.457 e. The number of ether oxygens (including phenoxy) is 1. The Labute approximate surface area is 122 Å². The predicted molar refractivity (Wildman–Crippen MR) is 80.8 cm³/mol. The fourth-order valence-electron chi connectivity index (χ4n) is 2.04. The smallest absolute Gasteiger partial charge is 0.128 e. The highest BCUT2D eigenvalue weighted by Crippen LogP contribution is 2.30. The van der Waals surface area contributed by atoms with E-state index in [0.29, 0.717) is 0 Å². The van der Waals surface area contributed by atoms with Crippen LogP contribution in [0, 0.1) is 13.8 Å². The number of aliphatic hydroxyl groups excluding tert-OH is 1. The summed E-state index contributed by atoms with van der Waals surface area (Å²) in [6.45, 7) is 5.84. The normalized spacial score (nSPS) is 12.3. The molecule has 1 N–H and O–H groups in total. The summed E-state index contributed by atoms with van der Waals surface area (Å²) < 4.78 is 6.70. The minimum absolute atomic E-state index is 0.496. The third kappa shape index (κ3) is 3.58. The Morgan fingerprint density at radius 1 is 1.00 bits per heavy atom. The second-order valence-electron chi connectivity index (χ2n) is 4.78. The van der Waals surface area contributed by atoms with Crippen molar-refractivity contribution in [3.05, 3.63) is 57.6 Å². The van der Waals surface area contributed by atoms with Crippen LogP contribution in [0.4, 0.5) is 0 Å². The van der Waals surface area contributed by atoms with E-state index in [9.17, 15) is 5.11 Å². The van der Waals surface area contributed by atoms with Crippen molar-refractivity contribution in [2.24, 2.45) is 0 Å². The first-order chi connectivity index (χ1) is 8.95. The molecular formula is C16H17BrO2. The quantitative estimate of drug-likeness (QED) is 0.870. The monoisotopic (exact) mass is 320 g/mol. The number of rotatable bonds is 3. The summed E-state index contributed by atoms with van der Waals surface area (Å²) in [4.78, 5) is 0. The van der Waals surface area contributed by atoms with Crippen LogP contribution in [-0.4, -0.2) is 5.11 Å². The summed E-state index contributed by atoms with van der Waals surface area (Å²) in [5, 5.41) is 9.59. The van der Waals surface area contributed by atoms with Gasteiger partial charge in [0.25, 0.3) is 0 Å². The average molecular weight is 321 g/mol. The van der Waals surface area contributed by atoms with E-state index in [4.69, 9.17) is 4.74 Å². The molecule has 2 nitrogen and oxygen atoms in total. The molecule has 0 aliphatic heterocycles. The van der Waals surface area contributed by atoms with Gasteiger partial charge in [-0.25, -0.2) is 0 Å². The van der Waals surface area contributed by atoms with Crippen molar-refractivity contribution >= 4 is 15.9 Å². The Morgan fingerprint density at radius 3 is 2.16 bits per heavy atom. The van der Waals surface area contributed by atoms with Gasteiger partial charge in [-0.15, -0.1) is 0 Å². The number of aliphatic hydroxyl groups is 1. The Balaban J connectivity index is 2.26. The maximum atomic E-state index is 9.59. The van der Waals surface area contributed by atoms with E-state index >= 15 is 0 Å². The topological polar surface area (TPSA) is 29.5 Å². The van der Waals surface area contributed by atoms with Crippen LogP contribution in [0.25, 0.3) is 0 Å². The molecule has 0 radical (unpaired) electrons. The lowest BCUT2D eigenvalue weighted by Crippen LogP contribution is -1.93. The fourth-order valence-corrected chi connectivity index (χ4v) is 2.73. The summed E-state index contributed by atoms with van der Waals surface area (Å²) in [5.41, 5.74) is 3.21. The van der Waals surface area contributed by atoms with Gasteiger partial charge in [0.2, 0.25) is 0 Å². The zero-order valence-electron chi connectivity index (χ0n) is 11.3. The van der Waals surface area contributed by atoms with Crippen molar-refractivity contribution in [1.82, 2.24) is 0 Å². The number of halogens is 1. The van der Waals surface area contributed by atoms with Crippen molar-refractivity contribution < 1.29 is 9.84 Å². The maximum Gasteiger partial charge on any atom is 0.128 e. The predicted octanol–water partition coefficient (Wildman–Crippen LogP) is 4.91. The van der Waals surface area contributed by atoms with Gasteiger partial charge in [0.05, 0.1) is 6.10 Å². The van der Waals surface area contributed by atoms with E-state index in [1.807, 2.05) is 44.2 Å². The first kappa shape index (κ1) is 14.1. The maximum absolute atomic E-state index is 9.59. The third-order valence-electron chi connectivity index (χ3n) is 2.85.